The summed E-state index contributed by atoms with van der Waals surface area (Å²) in [4.78, 5) is 8.73. The molecule has 0 aliphatic heterocycles. The van der Waals surface area contributed by atoms with E-state index in [-0.39, 0.29) is 29.8 Å². The number of aryl methyl sites for hydroxylation is 1. The first-order valence-corrected chi connectivity index (χ1v) is 8.69. The molecule has 0 aliphatic carbocycles. The fourth-order valence-electron chi connectivity index (χ4n) is 2.91. The minimum Gasteiger partial charge on any atom is -0.356 e. The molecule has 4 nitrogen and oxygen atoms in total. The molecule has 0 bridgehead atoms. The van der Waals surface area contributed by atoms with Crippen LogP contribution in [0.5, 0.6) is 0 Å². The summed E-state index contributed by atoms with van der Waals surface area (Å²) in [6, 6.07) is 15.4. The number of halogens is 2. The second-order valence-electron chi connectivity index (χ2n) is 6.18. The number of aromatic nitrogens is 1. The molecule has 0 spiro atoms. The third-order valence-corrected chi connectivity index (χ3v) is 4.31. The molecule has 0 saturated heterocycles. The molecule has 0 aliphatic rings. The predicted octanol–water partition coefficient (Wildman–Crippen LogP) is 4.21. The van der Waals surface area contributed by atoms with Gasteiger partial charge in [-0.1, -0.05) is 36.4 Å². The highest BCUT2D eigenvalue weighted by Crippen LogP contribution is 2.16. The van der Waals surface area contributed by atoms with Crippen LogP contribution in [0.4, 0.5) is 4.39 Å². The summed E-state index contributed by atoms with van der Waals surface area (Å²) < 4.78 is 13.3. The molecule has 0 fully saturated rings. The Hall–Kier alpha value is -2.22. The normalized spacial score (nSPS) is 11.1. The van der Waals surface area contributed by atoms with Crippen molar-refractivity contribution in [3.8, 4) is 0 Å². The second kappa shape index (κ2) is 10.2. The zero-order valence-electron chi connectivity index (χ0n) is 15.5. The van der Waals surface area contributed by atoms with Gasteiger partial charge in [0.25, 0.3) is 0 Å². The van der Waals surface area contributed by atoms with E-state index in [1.54, 1.807) is 20.0 Å². The van der Waals surface area contributed by atoms with Crippen LogP contribution in [0.3, 0.4) is 0 Å². The lowest BCUT2D eigenvalue weighted by Crippen LogP contribution is -2.37. The largest absolute Gasteiger partial charge is 0.356 e. The van der Waals surface area contributed by atoms with Gasteiger partial charge in [-0.3, -0.25) is 9.98 Å². The summed E-state index contributed by atoms with van der Waals surface area (Å²) in [7, 11) is 1.74. The molecule has 0 unspecified atom stereocenters. The lowest BCUT2D eigenvalue weighted by atomic mass is 10.1. The van der Waals surface area contributed by atoms with E-state index in [0.717, 1.165) is 35.4 Å². The Bertz CT molecular complexity index is 922. The molecule has 6 heteroatoms. The van der Waals surface area contributed by atoms with Gasteiger partial charge < -0.3 is 10.6 Å². The third kappa shape index (κ3) is 5.63. The van der Waals surface area contributed by atoms with E-state index in [1.165, 1.54) is 11.6 Å². The van der Waals surface area contributed by atoms with E-state index >= 15 is 0 Å². The van der Waals surface area contributed by atoms with Crippen LogP contribution in [0.25, 0.3) is 10.9 Å². The highest BCUT2D eigenvalue weighted by atomic mass is 127. The molecule has 1 heterocycles. The van der Waals surface area contributed by atoms with Gasteiger partial charge in [0.15, 0.2) is 5.96 Å². The Kier molecular flexibility index (Phi) is 7.97. The molecule has 2 N–H and O–H groups in total. The second-order valence-corrected chi connectivity index (χ2v) is 6.18. The smallest absolute Gasteiger partial charge is 0.191 e. The Labute approximate surface area is 176 Å². The number of pyridine rings is 1. The first-order chi connectivity index (χ1) is 12.7. The fourth-order valence-corrected chi connectivity index (χ4v) is 2.91. The maximum Gasteiger partial charge on any atom is 0.191 e. The van der Waals surface area contributed by atoms with Crippen molar-refractivity contribution in [2.75, 3.05) is 13.6 Å². The summed E-state index contributed by atoms with van der Waals surface area (Å²) in [6.07, 6.45) is 2.68. The van der Waals surface area contributed by atoms with Crippen molar-refractivity contribution in [1.29, 1.82) is 0 Å². The number of hydrogen-bond acceptors (Lipinski definition) is 2. The predicted molar refractivity (Wildman–Crippen MR) is 120 cm³/mol. The Morgan fingerprint density at radius 2 is 1.93 bits per heavy atom. The lowest BCUT2D eigenvalue weighted by Gasteiger charge is -2.13. The van der Waals surface area contributed by atoms with Crippen molar-refractivity contribution in [3.05, 3.63) is 77.2 Å². The number of fused-ring (bicyclic) bond motifs is 1. The number of hydrogen-bond donors (Lipinski definition) is 2. The standard InChI is InChI=1S/C21H23FN4.HI/c1-15-13-16(8-9-19(15)22)14-26-21(23-2)25-12-10-18-6-3-5-17-7-4-11-24-20(17)18;/h3-9,11,13H,10,12,14H2,1-2H3,(H2,23,25,26);1H. The Balaban J connectivity index is 0.00000261. The molecule has 1 aromatic heterocycles. The zero-order valence-corrected chi connectivity index (χ0v) is 17.8. The van der Waals surface area contributed by atoms with Crippen LogP contribution in [-0.2, 0) is 13.0 Å². The van der Waals surface area contributed by atoms with Gasteiger partial charge in [0, 0.05) is 31.7 Å². The molecule has 0 saturated carbocycles. The maximum atomic E-state index is 13.3. The first-order valence-electron chi connectivity index (χ1n) is 8.69. The zero-order chi connectivity index (χ0) is 18.4. The Morgan fingerprint density at radius 1 is 1.11 bits per heavy atom. The molecule has 2 aromatic carbocycles. The van der Waals surface area contributed by atoms with Gasteiger partial charge in [-0.15, -0.1) is 24.0 Å². The average molecular weight is 478 g/mol. The average Bonchev–Trinajstić information content (AvgIpc) is 2.67. The van der Waals surface area contributed by atoms with E-state index < -0.39 is 0 Å². The number of guanidine groups is 1. The van der Waals surface area contributed by atoms with Gasteiger partial charge in [-0.25, -0.2) is 4.39 Å². The van der Waals surface area contributed by atoms with E-state index in [2.05, 4.69) is 44.9 Å². The van der Waals surface area contributed by atoms with Gasteiger partial charge in [0.05, 0.1) is 5.52 Å². The third-order valence-electron chi connectivity index (χ3n) is 4.31. The van der Waals surface area contributed by atoms with E-state index in [1.807, 2.05) is 18.3 Å². The van der Waals surface area contributed by atoms with E-state index in [0.29, 0.717) is 12.1 Å². The number of nitrogens with one attached hydrogen (secondary N) is 2. The number of benzene rings is 2. The lowest BCUT2D eigenvalue weighted by molar-refractivity contribution is 0.617. The molecule has 3 rings (SSSR count). The quantitative estimate of drug-likeness (QED) is 0.328. The minimum absolute atomic E-state index is 0. The molecule has 3 aromatic rings. The number of rotatable bonds is 5. The van der Waals surface area contributed by atoms with Crippen molar-refractivity contribution in [2.45, 2.75) is 19.9 Å². The van der Waals surface area contributed by atoms with Crippen molar-refractivity contribution in [1.82, 2.24) is 15.6 Å². The van der Waals surface area contributed by atoms with Crippen LogP contribution in [0.15, 0.2) is 59.7 Å². The van der Waals surface area contributed by atoms with Crippen molar-refractivity contribution < 1.29 is 4.39 Å². The molecular formula is C21H24FIN4. The molecule has 27 heavy (non-hydrogen) atoms. The highest BCUT2D eigenvalue weighted by molar-refractivity contribution is 14.0. The summed E-state index contributed by atoms with van der Waals surface area (Å²) in [6.45, 7) is 3.11. The molecular weight excluding hydrogens is 454 g/mol. The van der Waals surface area contributed by atoms with E-state index in [9.17, 15) is 4.39 Å². The summed E-state index contributed by atoms with van der Waals surface area (Å²) >= 11 is 0. The van der Waals surface area contributed by atoms with Crippen LogP contribution in [0, 0.1) is 12.7 Å². The van der Waals surface area contributed by atoms with Gasteiger partial charge in [0.2, 0.25) is 0 Å². The topological polar surface area (TPSA) is 49.3 Å². The van der Waals surface area contributed by atoms with Crippen LogP contribution < -0.4 is 10.6 Å². The molecule has 142 valence electrons. The number of nitrogens with zero attached hydrogens (tertiary/aromatic N) is 2. The summed E-state index contributed by atoms with van der Waals surface area (Å²) in [5.41, 5.74) is 3.92. The summed E-state index contributed by atoms with van der Waals surface area (Å²) in [5.74, 6) is 0.542. The van der Waals surface area contributed by atoms with Crippen LogP contribution in [0.1, 0.15) is 16.7 Å². The number of aliphatic imine (C=N–C) groups is 1. The molecule has 0 atom stereocenters. The van der Waals surface area contributed by atoms with Crippen LogP contribution in [0.2, 0.25) is 0 Å². The maximum absolute atomic E-state index is 13.3. The monoisotopic (exact) mass is 478 g/mol. The molecule has 0 radical (unpaired) electrons. The highest BCUT2D eigenvalue weighted by Gasteiger charge is 2.04. The van der Waals surface area contributed by atoms with Gasteiger partial charge >= 0.3 is 0 Å². The number of para-hydroxylation sites is 1. The van der Waals surface area contributed by atoms with Crippen LogP contribution >= 0.6 is 24.0 Å². The van der Waals surface area contributed by atoms with Gasteiger partial charge in [0.1, 0.15) is 5.82 Å². The van der Waals surface area contributed by atoms with Crippen molar-refractivity contribution >= 4 is 40.8 Å². The van der Waals surface area contributed by atoms with Crippen LogP contribution in [-0.4, -0.2) is 24.5 Å². The Morgan fingerprint density at radius 3 is 2.70 bits per heavy atom. The van der Waals surface area contributed by atoms with Gasteiger partial charge in [-0.05, 0) is 42.2 Å². The minimum atomic E-state index is -0.181. The first kappa shape index (κ1) is 21.1. The van der Waals surface area contributed by atoms with Crippen molar-refractivity contribution in [3.63, 3.8) is 0 Å². The fraction of sp³-hybridized carbons (Fsp3) is 0.238. The molecule has 0 amide bonds. The van der Waals surface area contributed by atoms with E-state index in [4.69, 9.17) is 0 Å². The summed E-state index contributed by atoms with van der Waals surface area (Å²) in [5, 5.41) is 7.72. The SMILES string of the molecule is CN=C(NCCc1cccc2cccnc12)NCc1ccc(F)c(C)c1.I. The van der Waals surface area contributed by atoms with Crippen molar-refractivity contribution in [2.24, 2.45) is 4.99 Å². The van der Waals surface area contributed by atoms with Gasteiger partial charge in [-0.2, -0.15) is 0 Å².